The fraction of sp³-hybridized carbons (Fsp3) is 0.222. The second kappa shape index (κ2) is 8.34. The predicted molar refractivity (Wildman–Crippen MR) is 91.3 cm³/mol. The maximum absolute atomic E-state index is 12.1. The lowest BCUT2D eigenvalue weighted by atomic mass is 10.1. The lowest BCUT2D eigenvalue weighted by molar-refractivity contribution is -0.116. The lowest BCUT2D eigenvalue weighted by Gasteiger charge is -2.07. The smallest absolute Gasteiger partial charge is 0.224 e. The van der Waals surface area contributed by atoms with Crippen molar-refractivity contribution in [3.05, 3.63) is 59.1 Å². The van der Waals surface area contributed by atoms with E-state index in [4.69, 9.17) is 16.3 Å². The fourth-order valence-electron chi connectivity index (χ4n) is 2.07. The molecule has 0 spiro atoms. The summed E-state index contributed by atoms with van der Waals surface area (Å²) in [6.45, 7) is 2.50. The first-order valence-corrected chi connectivity index (χ1v) is 7.78. The van der Waals surface area contributed by atoms with Crippen molar-refractivity contribution in [3.8, 4) is 5.75 Å². The SMILES string of the molecule is CCOc1ccc(NC(=O)CCC(=O)c2ccccc2Cl)cc1. The molecule has 23 heavy (non-hydrogen) atoms. The Morgan fingerprint density at radius 3 is 2.39 bits per heavy atom. The molecular weight excluding hydrogens is 314 g/mol. The molecule has 2 rings (SSSR count). The number of ketones is 1. The van der Waals surface area contributed by atoms with Gasteiger partial charge in [-0.3, -0.25) is 9.59 Å². The van der Waals surface area contributed by atoms with Gasteiger partial charge in [0.05, 0.1) is 11.6 Å². The molecule has 2 aromatic rings. The molecular formula is C18H18ClNO3. The third-order valence-electron chi connectivity index (χ3n) is 3.20. The van der Waals surface area contributed by atoms with Gasteiger partial charge in [-0.15, -0.1) is 0 Å². The Labute approximate surface area is 140 Å². The van der Waals surface area contributed by atoms with Gasteiger partial charge in [-0.2, -0.15) is 0 Å². The first-order chi connectivity index (χ1) is 11.1. The lowest BCUT2D eigenvalue weighted by Crippen LogP contribution is -2.13. The van der Waals surface area contributed by atoms with E-state index < -0.39 is 0 Å². The second-order valence-corrected chi connectivity index (χ2v) is 5.32. The zero-order valence-electron chi connectivity index (χ0n) is 12.8. The summed E-state index contributed by atoms with van der Waals surface area (Å²) in [5.41, 5.74) is 1.12. The molecule has 1 amide bonds. The average molecular weight is 332 g/mol. The Hall–Kier alpha value is -2.33. The third kappa shape index (κ3) is 5.11. The summed E-state index contributed by atoms with van der Waals surface area (Å²) in [5.74, 6) is 0.395. The van der Waals surface area contributed by atoms with Crippen LogP contribution in [0.3, 0.4) is 0 Å². The molecule has 4 nitrogen and oxygen atoms in total. The third-order valence-corrected chi connectivity index (χ3v) is 3.53. The highest BCUT2D eigenvalue weighted by Gasteiger charge is 2.12. The van der Waals surface area contributed by atoms with Gasteiger partial charge in [0.1, 0.15) is 5.75 Å². The number of carbonyl (C=O) groups excluding carboxylic acids is 2. The van der Waals surface area contributed by atoms with Gasteiger partial charge in [0.25, 0.3) is 0 Å². The van der Waals surface area contributed by atoms with Crippen LogP contribution in [0.5, 0.6) is 5.75 Å². The first-order valence-electron chi connectivity index (χ1n) is 7.40. The highest BCUT2D eigenvalue weighted by molar-refractivity contribution is 6.34. The van der Waals surface area contributed by atoms with E-state index in [9.17, 15) is 9.59 Å². The van der Waals surface area contributed by atoms with Gasteiger partial charge in [-0.05, 0) is 43.3 Å². The topological polar surface area (TPSA) is 55.4 Å². The number of Topliss-reactive ketones (excluding diaryl/α,β-unsaturated/α-hetero) is 1. The van der Waals surface area contributed by atoms with Crippen LogP contribution < -0.4 is 10.1 Å². The number of ether oxygens (including phenoxy) is 1. The molecule has 0 bridgehead atoms. The number of halogens is 1. The molecule has 0 atom stereocenters. The van der Waals surface area contributed by atoms with E-state index in [0.717, 1.165) is 5.75 Å². The van der Waals surface area contributed by atoms with Crippen molar-refractivity contribution in [3.63, 3.8) is 0 Å². The zero-order valence-corrected chi connectivity index (χ0v) is 13.6. The van der Waals surface area contributed by atoms with Gasteiger partial charge in [0.15, 0.2) is 5.78 Å². The van der Waals surface area contributed by atoms with E-state index in [-0.39, 0.29) is 24.5 Å². The molecule has 0 aliphatic heterocycles. The molecule has 0 aromatic heterocycles. The van der Waals surface area contributed by atoms with Crippen LogP contribution in [0.15, 0.2) is 48.5 Å². The molecule has 0 unspecified atom stereocenters. The Balaban J connectivity index is 1.85. The minimum absolute atomic E-state index is 0.108. The fourth-order valence-corrected chi connectivity index (χ4v) is 2.31. The molecule has 0 saturated heterocycles. The number of hydrogen-bond donors (Lipinski definition) is 1. The summed E-state index contributed by atoms with van der Waals surface area (Å²) in [5, 5.41) is 3.16. The van der Waals surface area contributed by atoms with E-state index in [0.29, 0.717) is 22.9 Å². The van der Waals surface area contributed by atoms with E-state index in [2.05, 4.69) is 5.32 Å². The molecule has 1 N–H and O–H groups in total. The minimum Gasteiger partial charge on any atom is -0.494 e. The summed E-state index contributed by atoms with van der Waals surface area (Å²) in [6, 6.07) is 13.9. The van der Waals surface area contributed by atoms with Crippen LogP contribution in [0.4, 0.5) is 5.69 Å². The van der Waals surface area contributed by atoms with Crippen molar-refractivity contribution in [2.45, 2.75) is 19.8 Å². The number of carbonyl (C=O) groups is 2. The van der Waals surface area contributed by atoms with Gasteiger partial charge < -0.3 is 10.1 Å². The highest BCUT2D eigenvalue weighted by atomic mass is 35.5. The van der Waals surface area contributed by atoms with Gasteiger partial charge in [0, 0.05) is 24.1 Å². The van der Waals surface area contributed by atoms with Crippen LogP contribution in [-0.4, -0.2) is 18.3 Å². The highest BCUT2D eigenvalue weighted by Crippen LogP contribution is 2.18. The number of anilines is 1. The van der Waals surface area contributed by atoms with E-state index in [1.165, 1.54) is 0 Å². The molecule has 0 fully saturated rings. The van der Waals surface area contributed by atoms with Crippen LogP contribution in [0.1, 0.15) is 30.1 Å². The summed E-state index contributed by atoms with van der Waals surface area (Å²) >= 11 is 5.97. The summed E-state index contributed by atoms with van der Waals surface area (Å²) in [4.78, 5) is 24.0. The zero-order chi connectivity index (χ0) is 16.7. The Kier molecular flexibility index (Phi) is 6.18. The van der Waals surface area contributed by atoms with Crippen LogP contribution in [0.25, 0.3) is 0 Å². The number of benzene rings is 2. The second-order valence-electron chi connectivity index (χ2n) is 4.91. The molecule has 0 saturated carbocycles. The molecule has 0 heterocycles. The standard InChI is InChI=1S/C18H18ClNO3/c1-2-23-14-9-7-13(8-10-14)20-18(22)12-11-17(21)15-5-3-4-6-16(15)19/h3-10H,2,11-12H2,1H3,(H,20,22). The summed E-state index contributed by atoms with van der Waals surface area (Å²) < 4.78 is 5.34. The number of nitrogens with one attached hydrogen (secondary N) is 1. The van der Waals surface area contributed by atoms with Crippen molar-refractivity contribution in [2.24, 2.45) is 0 Å². The Morgan fingerprint density at radius 2 is 1.74 bits per heavy atom. The van der Waals surface area contributed by atoms with E-state index >= 15 is 0 Å². The van der Waals surface area contributed by atoms with Crippen LogP contribution in [0.2, 0.25) is 5.02 Å². The van der Waals surface area contributed by atoms with Crippen molar-refractivity contribution >= 4 is 29.0 Å². The average Bonchev–Trinajstić information content (AvgIpc) is 2.55. The van der Waals surface area contributed by atoms with Gasteiger partial charge in [-0.25, -0.2) is 0 Å². The van der Waals surface area contributed by atoms with Crippen molar-refractivity contribution in [2.75, 3.05) is 11.9 Å². The maximum atomic E-state index is 12.1. The number of hydrogen-bond acceptors (Lipinski definition) is 3. The first kappa shape index (κ1) is 17.0. The number of rotatable bonds is 7. The van der Waals surface area contributed by atoms with Gasteiger partial charge in [0.2, 0.25) is 5.91 Å². The molecule has 0 radical (unpaired) electrons. The van der Waals surface area contributed by atoms with Gasteiger partial charge >= 0.3 is 0 Å². The largest absolute Gasteiger partial charge is 0.494 e. The van der Waals surface area contributed by atoms with Crippen molar-refractivity contribution in [1.29, 1.82) is 0 Å². The Bertz CT molecular complexity index is 683. The van der Waals surface area contributed by atoms with E-state index in [1.807, 2.05) is 6.92 Å². The van der Waals surface area contributed by atoms with E-state index in [1.54, 1.807) is 48.5 Å². The van der Waals surface area contributed by atoms with Crippen LogP contribution in [0, 0.1) is 0 Å². The van der Waals surface area contributed by atoms with Gasteiger partial charge in [-0.1, -0.05) is 23.7 Å². The summed E-state index contributed by atoms with van der Waals surface area (Å²) in [7, 11) is 0. The molecule has 5 heteroatoms. The van der Waals surface area contributed by atoms with Crippen molar-refractivity contribution in [1.82, 2.24) is 0 Å². The van der Waals surface area contributed by atoms with Crippen molar-refractivity contribution < 1.29 is 14.3 Å². The van der Waals surface area contributed by atoms with Crippen LogP contribution >= 0.6 is 11.6 Å². The number of amides is 1. The molecule has 120 valence electrons. The normalized spacial score (nSPS) is 10.2. The molecule has 0 aliphatic rings. The minimum atomic E-state index is -0.213. The monoisotopic (exact) mass is 331 g/mol. The molecule has 0 aliphatic carbocycles. The predicted octanol–water partition coefficient (Wildman–Crippen LogP) is 4.34. The summed E-state index contributed by atoms with van der Waals surface area (Å²) in [6.07, 6.45) is 0.226. The van der Waals surface area contributed by atoms with Crippen LogP contribution in [-0.2, 0) is 4.79 Å². The Morgan fingerprint density at radius 1 is 1.04 bits per heavy atom. The quantitative estimate of drug-likeness (QED) is 0.768. The molecule has 2 aromatic carbocycles. The maximum Gasteiger partial charge on any atom is 0.224 e.